The molecule has 0 unspecified atom stereocenters. The van der Waals surface area contributed by atoms with Crippen LogP contribution < -0.4 is 0 Å². The van der Waals surface area contributed by atoms with Gasteiger partial charge in [0.25, 0.3) is 0 Å². The first kappa shape index (κ1) is 29.0. The number of para-hydroxylation sites is 2. The second-order valence-corrected chi connectivity index (χ2v) is 13.3. The molecule has 0 fully saturated rings. The van der Waals surface area contributed by atoms with Crippen molar-refractivity contribution in [3.05, 3.63) is 145 Å². The molecule has 0 atom stereocenters. The lowest BCUT2D eigenvalue weighted by atomic mass is 9.84. The van der Waals surface area contributed by atoms with Gasteiger partial charge in [-0.15, -0.1) is 0 Å². The fourth-order valence-electron chi connectivity index (χ4n) is 7.28. The number of hydrogen-bond acceptors (Lipinski definition) is 1. The molecule has 0 saturated carbocycles. The second-order valence-electron chi connectivity index (χ2n) is 13.3. The molecule has 9 rings (SSSR count). The summed E-state index contributed by atoms with van der Waals surface area (Å²) in [4.78, 5) is 0. The Morgan fingerprint density at radius 2 is 0.979 bits per heavy atom. The molecule has 0 aliphatic heterocycles. The molecule has 0 aliphatic rings. The van der Waals surface area contributed by atoms with Crippen molar-refractivity contribution >= 4 is 54.3 Å². The molecule has 0 aliphatic carbocycles. The molecule has 1 heteroatoms. The summed E-state index contributed by atoms with van der Waals surface area (Å²) in [5, 5.41) is 10.1. The largest absolute Gasteiger partial charge is 0.455 e. The van der Waals surface area contributed by atoms with Gasteiger partial charge in [-0.3, -0.25) is 0 Å². The van der Waals surface area contributed by atoms with E-state index in [1.54, 1.807) is 0 Å². The number of rotatable bonds is 3. The van der Waals surface area contributed by atoms with Crippen LogP contribution in [0.3, 0.4) is 0 Å². The van der Waals surface area contributed by atoms with E-state index in [0.717, 1.165) is 33.1 Å². The first-order chi connectivity index (χ1) is 22.9. The zero-order valence-electron chi connectivity index (χ0n) is 27.7. The number of benzene rings is 8. The van der Waals surface area contributed by atoms with Gasteiger partial charge in [0.1, 0.15) is 11.2 Å². The fourth-order valence-corrected chi connectivity index (χ4v) is 7.28. The van der Waals surface area contributed by atoms with Crippen LogP contribution in [0, 0.1) is 0 Å². The van der Waals surface area contributed by atoms with E-state index in [4.69, 9.17) is 4.42 Å². The molecule has 0 amide bonds. The van der Waals surface area contributed by atoms with Crippen LogP contribution in [0.25, 0.3) is 87.6 Å². The van der Waals surface area contributed by atoms with E-state index >= 15 is 0 Å². The first-order valence-electron chi connectivity index (χ1n) is 16.8. The van der Waals surface area contributed by atoms with Crippen molar-refractivity contribution in [1.82, 2.24) is 0 Å². The second kappa shape index (κ2) is 11.1. The van der Waals surface area contributed by atoms with E-state index in [9.17, 15) is 0 Å². The summed E-state index contributed by atoms with van der Waals surface area (Å²) < 4.78 is 6.40. The van der Waals surface area contributed by atoms with E-state index < -0.39 is 0 Å². The van der Waals surface area contributed by atoms with Crippen molar-refractivity contribution in [3.8, 4) is 33.4 Å². The molecular weight excluding hydrogens is 569 g/mol. The summed E-state index contributed by atoms with van der Waals surface area (Å²) in [6.45, 7) is 10.8. The summed E-state index contributed by atoms with van der Waals surface area (Å²) in [5.41, 5.74) is 10.6. The number of hydrogen-bond donors (Lipinski definition) is 0. The van der Waals surface area contributed by atoms with E-state index in [-0.39, 0.29) is 5.41 Å². The van der Waals surface area contributed by atoms with Crippen LogP contribution in [0.2, 0.25) is 0 Å². The molecule has 1 heterocycles. The van der Waals surface area contributed by atoms with Crippen molar-refractivity contribution in [3.63, 3.8) is 0 Å². The van der Waals surface area contributed by atoms with Crippen LogP contribution in [0.4, 0.5) is 0 Å². The highest BCUT2D eigenvalue weighted by atomic mass is 16.3. The molecule has 8 aromatic carbocycles. The van der Waals surface area contributed by atoms with Crippen LogP contribution in [-0.2, 0) is 5.41 Å². The Kier molecular flexibility index (Phi) is 6.88. The van der Waals surface area contributed by atoms with Crippen molar-refractivity contribution < 1.29 is 4.42 Å². The third kappa shape index (κ3) is 4.69. The van der Waals surface area contributed by atoms with Crippen molar-refractivity contribution in [2.24, 2.45) is 0 Å². The summed E-state index contributed by atoms with van der Waals surface area (Å²) in [5.74, 6) is 0. The maximum Gasteiger partial charge on any atom is 0.143 e. The minimum Gasteiger partial charge on any atom is -0.455 e. The van der Waals surface area contributed by atoms with Gasteiger partial charge in [-0.2, -0.15) is 0 Å². The smallest absolute Gasteiger partial charge is 0.143 e. The van der Waals surface area contributed by atoms with Crippen LogP contribution in [0.1, 0.15) is 40.2 Å². The Morgan fingerprint density at radius 3 is 1.64 bits per heavy atom. The SMILES string of the molecule is CC.CC(C)(C)c1ccc(-c2ccc3ccc4c(-c5cccc(-c6cccc7c6oc6ccccc67)c5)ccc5ccc2c3c54)cc1. The molecule has 1 aromatic heterocycles. The fraction of sp³-hybridized carbons (Fsp3) is 0.130. The van der Waals surface area contributed by atoms with E-state index in [2.05, 4.69) is 148 Å². The average Bonchev–Trinajstić information content (AvgIpc) is 3.50. The van der Waals surface area contributed by atoms with Gasteiger partial charge in [0.05, 0.1) is 0 Å². The lowest BCUT2D eigenvalue weighted by Crippen LogP contribution is -2.10. The monoisotopic (exact) mass is 606 g/mol. The van der Waals surface area contributed by atoms with Gasteiger partial charge in [-0.05, 0) is 83.2 Å². The molecule has 47 heavy (non-hydrogen) atoms. The third-order valence-electron chi connectivity index (χ3n) is 9.62. The summed E-state index contributed by atoms with van der Waals surface area (Å²) in [6.07, 6.45) is 0. The third-order valence-corrected chi connectivity index (χ3v) is 9.62. The molecule has 0 bridgehead atoms. The highest BCUT2D eigenvalue weighted by molar-refractivity contribution is 6.27. The molecule has 1 nitrogen and oxygen atoms in total. The Bertz CT molecular complexity index is 2560. The first-order valence-corrected chi connectivity index (χ1v) is 16.8. The Morgan fingerprint density at radius 1 is 0.426 bits per heavy atom. The van der Waals surface area contributed by atoms with Crippen molar-refractivity contribution in [2.75, 3.05) is 0 Å². The van der Waals surface area contributed by atoms with Crippen LogP contribution in [-0.4, -0.2) is 0 Å². The number of furan rings is 1. The van der Waals surface area contributed by atoms with Gasteiger partial charge >= 0.3 is 0 Å². The van der Waals surface area contributed by atoms with Crippen molar-refractivity contribution in [2.45, 2.75) is 40.0 Å². The average molecular weight is 607 g/mol. The Hall–Kier alpha value is -5.40. The maximum absolute atomic E-state index is 6.40. The van der Waals surface area contributed by atoms with Crippen molar-refractivity contribution in [1.29, 1.82) is 0 Å². The van der Waals surface area contributed by atoms with Gasteiger partial charge < -0.3 is 4.42 Å². The molecule has 0 spiro atoms. The zero-order chi connectivity index (χ0) is 32.3. The van der Waals surface area contributed by atoms with Gasteiger partial charge in [0.2, 0.25) is 0 Å². The molecule has 228 valence electrons. The predicted octanol–water partition coefficient (Wildman–Crippen LogP) is 13.8. The van der Waals surface area contributed by atoms with Gasteiger partial charge in [-0.1, -0.05) is 162 Å². The van der Waals surface area contributed by atoms with Crippen LogP contribution in [0.15, 0.2) is 144 Å². The lowest BCUT2D eigenvalue weighted by Gasteiger charge is -2.20. The molecule has 0 radical (unpaired) electrons. The van der Waals surface area contributed by atoms with E-state index in [1.165, 1.54) is 60.1 Å². The standard InChI is InChI=1S/C44H32O.C2H6/c1-44(2,3)32-20-14-27(15-21-32)33-22-16-28-19-25-38-34(23-17-29-18-24-37(33)41(28)42(29)38)30-8-6-9-31(26-30)35-11-7-12-39-36-10-4-5-13-40(36)45-43(35)39;1-2/h4-26H,1-3H3;1-2H3. The molecule has 0 N–H and O–H groups in total. The zero-order valence-corrected chi connectivity index (χ0v) is 27.7. The Labute approximate surface area is 276 Å². The molecule has 9 aromatic rings. The van der Waals surface area contributed by atoms with Gasteiger partial charge in [0.15, 0.2) is 0 Å². The highest BCUT2D eigenvalue weighted by Crippen LogP contribution is 2.43. The molecule has 0 saturated heterocycles. The van der Waals surface area contributed by atoms with Crippen LogP contribution >= 0.6 is 0 Å². The Balaban J connectivity index is 0.00000159. The minimum absolute atomic E-state index is 0.132. The van der Waals surface area contributed by atoms with Gasteiger partial charge in [0, 0.05) is 16.3 Å². The maximum atomic E-state index is 6.40. The van der Waals surface area contributed by atoms with E-state index in [0.29, 0.717) is 0 Å². The topological polar surface area (TPSA) is 13.1 Å². The highest BCUT2D eigenvalue weighted by Gasteiger charge is 2.18. The number of fused-ring (bicyclic) bond motifs is 3. The summed E-state index contributed by atoms with van der Waals surface area (Å²) in [6, 6.07) is 51.1. The summed E-state index contributed by atoms with van der Waals surface area (Å²) >= 11 is 0. The molecular formula is C46H38O. The minimum atomic E-state index is 0.132. The predicted molar refractivity (Wildman–Crippen MR) is 204 cm³/mol. The van der Waals surface area contributed by atoms with E-state index in [1.807, 2.05) is 26.0 Å². The lowest BCUT2D eigenvalue weighted by molar-refractivity contribution is 0.590. The van der Waals surface area contributed by atoms with Gasteiger partial charge in [-0.25, -0.2) is 0 Å². The quantitative estimate of drug-likeness (QED) is 0.182. The van der Waals surface area contributed by atoms with Crippen LogP contribution in [0.5, 0.6) is 0 Å². The summed E-state index contributed by atoms with van der Waals surface area (Å²) in [7, 11) is 0. The normalized spacial score (nSPS) is 11.9.